The van der Waals surface area contributed by atoms with E-state index in [1.165, 1.54) is 6.92 Å². The molecule has 28 heavy (non-hydrogen) atoms. The van der Waals surface area contributed by atoms with E-state index < -0.39 is 0 Å². The number of benzene rings is 2. The molecule has 4 rings (SSSR count). The summed E-state index contributed by atoms with van der Waals surface area (Å²) in [4.78, 5) is 27.0. The lowest BCUT2D eigenvalue weighted by atomic mass is 10.1. The van der Waals surface area contributed by atoms with E-state index in [-0.39, 0.29) is 11.5 Å². The van der Waals surface area contributed by atoms with Gasteiger partial charge in [-0.15, -0.1) is 11.3 Å². The van der Waals surface area contributed by atoms with E-state index in [0.29, 0.717) is 6.54 Å². The molecule has 0 fully saturated rings. The number of aryl methyl sites for hydroxylation is 1. The zero-order chi connectivity index (χ0) is 19.8. The van der Waals surface area contributed by atoms with Crippen LogP contribution in [0.5, 0.6) is 0 Å². The Morgan fingerprint density at radius 2 is 1.93 bits per heavy atom. The Morgan fingerprint density at radius 3 is 2.68 bits per heavy atom. The van der Waals surface area contributed by atoms with Crippen LogP contribution in [-0.2, 0) is 11.3 Å². The van der Waals surface area contributed by atoms with Gasteiger partial charge in [0.25, 0.3) is 5.56 Å². The maximum absolute atomic E-state index is 13.3. The number of anilines is 1. The summed E-state index contributed by atoms with van der Waals surface area (Å²) in [5.74, 6) is -0.106. The summed E-state index contributed by atoms with van der Waals surface area (Å²) in [5, 5.41) is 5.94. The molecule has 0 aliphatic carbocycles. The number of hydrogen-bond donors (Lipinski definition) is 1. The number of carbonyl (C=O) groups is 1. The fourth-order valence-electron chi connectivity index (χ4n) is 3.72. The highest BCUT2D eigenvalue weighted by Gasteiger charge is 2.16. The van der Waals surface area contributed by atoms with Crippen molar-refractivity contribution in [1.82, 2.24) is 9.47 Å². The number of pyridine rings is 1. The predicted octanol–water partition coefficient (Wildman–Crippen LogP) is 4.28. The van der Waals surface area contributed by atoms with E-state index >= 15 is 0 Å². The average Bonchev–Trinajstić information content (AvgIpc) is 3.04. The molecule has 1 N–H and O–H groups in total. The maximum atomic E-state index is 13.3. The standard InChI is InChI=1S/C22H23N3O2S/c1-14(26)23-15-9-10-18-17(13-15)20-16-7-4-5-8-19(16)28-21(20)22(27)25(18)12-6-11-24(2)3/h4-5,7-10,13H,6,11-12H2,1-3H3,(H,23,26). The summed E-state index contributed by atoms with van der Waals surface area (Å²) in [6.07, 6.45) is 0.895. The van der Waals surface area contributed by atoms with Crippen LogP contribution in [0.3, 0.4) is 0 Å². The van der Waals surface area contributed by atoms with Crippen molar-refractivity contribution in [3.8, 4) is 0 Å². The fraction of sp³-hybridized carbons (Fsp3) is 0.273. The van der Waals surface area contributed by atoms with Gasteiger partial charge in [-0.2, -0.15) is 0 Å². The lowest BCUT2D eigenvalue weighted by molar-refractivity contribution is -0.114. The minimum absolute atomic E-state index is 0.0646. The third-order valence-corrected chi connectivity index (χ3v) is 6.06. The summed E-state index contributed by atoms with van der Waals surface area (Å²) in [7, 11) is 4.07. The van der Waals surface area contributed by atoms with Gasteiger partial charge in [-0.1, -0.05) is 18.2 Å². The molecule has 0 saturated carbocycles. The van der Waals surface area contributed by atoms with Gasteiger partial charge in [-0.3, -0.25) is 9.59 Å². The second-order valence-electron chi connectivity index (χ2n) is 7.33. The quantitative estimate of drug-likeness (QED) is 0.551. The van der Waals surface area contributed by atoms with Gasteiger partial charge < -0.3 is 14.8 Å². The molecule has 0 radical (unpaired) electrons. The second-order valence-corrected chi connectivity index (χ2v) is 8.38. The van der Waals surface area contributed by atoms with Crippen LogP contribution in [0, 0.1) is 0 Å². The number of amides is 1. The molecule has 144 valence electrons. The molecule has 0 aliphatic heterocycles. The van der Waals surface area contributed by atoms with Crippen molar-refractivity contribution < 1.29 is 4.79 Å². The minimum Gasteiger partial charge on any atom is -0.326 e. The van der Waals surface area contributed by atoms with Gasteiger partial charge in [0, 0.05) is 40.0 Å². The molecular weight excluding hydrogens is 370 g/mol. The molecule has 5 nitrogen and oxygen atoms in total. The predicted molar refractivity (Wildman–Crippen MR) is 119 cm³/mol. The Bertz CT molecular complexity index is 1250. The number of hydrogen-bond acceptors (Lipinski definition) is 4. The molecule has 0 bridgehead atoms. The Morgan fingerprint density at radius 1 is 1.14 bits per heavy atom. The first-order valence-electron chi connectivity index (χ1n) is 9.36. The highest BCUT2D eigenvalue weighted by Crippen LogP contribution is 2.37. The number of fused-ring (bicyclic) bond motifs is 5. The van der Waals surface area contributed by atoms with Crippen molar-refractivity contribution in [3.05, 3.63) is 52.8 Å². The lowest BCUT2D eigenvalue weighted by Gasteiger charge is -2.15. The number of thiophene rings is 1. The lowest BCUT2D eigenvalue weighted by Crippen LogP contribution is -2.23. The molecule has 0 unspecified atom stereocenters. The summed E-state index contributed by atoms with van der Waals surface area (Å²) in [6.45, 7) is 3.08. The highest BCUT2D eigenvalue weighted by molar-refractivity contribution is 7.26. The van der Waals surface area contributed by atoms with Gasteiger partial charge in [0.2, 0.25) is 5.91 Å². The Labute approximate surface area is 167 Å². The smallest absolute Gasteiger partial charge is 0.269 e. The molecule has 2 aromatic heterocycles. The van der Waals surface area contributed by atoms with Crippen LogP contribution in [0.1, 0.15) is 13.3 Å². The Balaban J connectivity index is 2.02. The number of nitrogens with zero attached hydrogens (tertiary/aromatic N) is 2. The molecule has 0 atom stereocenters. The zero-order valence-electron chi connectivity index (χ0n) is 16.3. The van der Waals surface area contributed by atoms with Crippen LogP contribution in [-0.4, -0.2) is 36.0 Å². The van der Waals surface area contributed by atoms with Gasteiger partial charge in [0.1, 0.15) is 4.70 Å². The topological polar surface area (TPSA) is 54.3 Å². The minimum atomic E-state index is -0.106. The van der Waals surface area contributed by atoms with Crippen molar-refractivity contribution in [2.45, 2.75) is 19.9 Å². The first-order chi connectivity index (χ1) is 13.5. The van der Waals surface area contributed by atoms with E-state index in [9.17, 15) is 9.59 Å². The first-order valence-corrected chi connectivity index (χ1v) is 10.2. The molecule has 6 heteroatoms. The fourth-order valence-corrected chi connectivity index (χ4v) is 4.88. The Hall–Kier alpha value is -2.70. The SMILES string of the molecule is CC(=O)Nc1ccc2c(c1)c1c(sc3ccccc31)c(=O)n2CCCN(C)C. The summed E-state index contributed by atoms with van der Waals surface area (Å²) >= 11 is 1.55. The highest BCUT2D eigenvalue weighted by atomic mass is 32.1. The zero-order valence-corrected chi connectivity index (χ0v) is 17.1. The monoisotopic (exact) mass is 393 g/mol. The number of nitrogens with one attached hydrogen (secondary N) is 1. The first kappa shape index (κ1) is 18.7. The van der Waals surface area contributed by atoms with Crippen molar-refractivity contribution in [2.75, 3.05) is 26.0 Å². The number of carbonyl (C=O) groups excluding carboxylic acids is 1. The second kappa shape index (κ2) is 7.37. The van der Waals surface area contributed by atoms with Crippen molar-refractivity contribution in [2.24, 2.45) is 0 Å². The molecule has 0 spiro atoms. The van der Waals surface area contributed by atoms with Gasteiger partial charge in [0.05, 0.1) is 5.52 Å². The number of aromatic nitrogens is 1. The van der Waals surface area contributed by atoms with Gasteiger partial charge >= 0.3 is 0 Å². The van der Waals surface area contributed by atoms with E-state index in [1.807, 2.05) is 49.0 Å². The summed E-state index contributed by atoms with van der Waals surface area (Å²) in [5.41, 5.74) is 1.72. The van der Waals surface area contributed by atoms with Gasteiger partial charge in [-0.05, 0) is 51.3 Å². The van der Waals surface area contributed by atoms with Crippen LogP contribution >= 0.6 is 11.3 Å². The Kier molecular flexibility index (Phi) is 4.91. The van der Waals surface area contributed by atoms with Crippen LogP contribution < -0.4 is 10.9 Å². The van der Waals surface area contributed by atoms with Crippen molar-refractivity contribution in [1.29, 1.82) is 0 Å². The molecular formula is C22H23N3O2S. The molecule has 1 amide bonds. The van der Waals surface area contributed by atoms with Crippen LogP contribution in [0.15, 0.2) is 47.3 Å². The van der Waals surface area contributed by atoms with Crippen LogP contribution in [0.25, 0.3) is 31.1 Å². The van der Waals surface area contributed by atoms with Crippen LogP contribution in [0.2, 0.25) is 0 Å². The summed E-state index contributed by atoms with van der Waals surface area (Å²) in [6, 6.07) is 13.9. The molecule has 4 aromatic rings. The van der Waals surface area contributed by atoms with E-state index in [4.69, 9.17) is 0 Å². The summed E-state index contributed by atoms with van der Waals surface area (Å²) < 4.78 is 3.76. The van der Waals surface area contributed by atoms with E-state index in [0.717, 1.165) is 49.7 Å². The van der Waals surface area contributed by atoms with Crippen LogP contribution in [0.4, 0.5) is 5.69 Å². The third kappa shape index (κ3) is 3.30. The largest absolute Gasteiger partial charge is 0.326 e. The van der Waals surface area contributed by atoms with E-state index in [1.54, 1.807) is 11.3 Å². The maximum Gasteiger partial charge on any atom is 0.269 e. The molecule has 2 heterocycles. The average molecular weight is 394 g/mol. The van der Waals surface area contributed by atoms with E-state index in [2.05, 4.69) is 22.3 Å². The molecule has 2 aromatic carbocycles. The van der Waals surface area contributed by atoms with Gasteiger partial charge in [0.15, 0.2) is 0 Å². The number of rotatable bonds is 5. The molecule has 0 saturated heterocycles. The van der Waals surface area contributed by atoms with Crippen molar-refractivity contribution >= 4 is 54.0 Å². The van der Waals surface area contributed by atoms with Gasteiger partial charge in [-0.25, -0.2) is 0 Å². The van der Waals surface area contributed by atoms with Crippen molar-refractivity contribution in [3.63, 3.8) is 0 Å². The molecule has 0 aliphatic rings. The third-order valence-electron chi connectivity index (χ3n) is 4.90. The normalized spacial score (nSPS) is 11.7.